The number of fused-ring (bicyclic) bond motifs is 2. The molecule has 12 nitrogen and oxygen atoms in total. The predicted molar refractivity (Wildman–Crippen MR) is 185 cm³/mol. The lowest BCUT2D eigenvalue weighted by molar-refractivity contribution is -0.119. The molecule has 246 valence electrons. The predicted octanol–water partition coefficient (Wildman–Crippen LogP) is 4.33. The van der Waals surface area contributed by atoms with Crippen LogP contribution in [0.1, 0.15) is 42.0 Å². The number of nitrogens with one attached hydrogen (secondary N) is 3. The zero-order chi connectivity index (χ0) is 33.7. The Hall–Kier alpha value is -5.07. The number of carbonyl (C=O) groups excluding carboxylic acids is 1. The number of amides is 1. The summed E-state index contributed by atoms with van der Waals surface area (Å²) >= 11 is 7.18. The number of carbonyl (C=O) groups is 1. The van der Waals surface area contributed by atoms with E-state index < -0.39 is 11.2 Å². The number of benzene rings is 2. The first kappa shape index (κ1) is 31.5. The van der Waals surface area contributed by atoms with E-state index in [0.717, 1.165) is 68.6 Å². The Morgan fingerprint density at radius 1 is 1.00 bits per heavy atom. The number of hydrogen-bond acceptors (Lipinski definition) is 9. The summed E-state index contributed by atoms with van der Waals surface area (Å²) in [5.74, 6) is 0.972. The van der Waals surface area contributed by atoms with Gasteiger partial charge >= 0.3 is 5.69 Å². The molecule has 1 aliphatic carbocycles. The molecule has 48 heavy (non-hydrogen) atoms. The van der Waals surface area contributed by atoms with Gasteiger partial charge in [0.05, 0.1) is 17.8 Å². The smallest absolute Gasteiger partial charge is 0.332 e. The van der Waals surface area contributed by atoms with Gasteiger partial charge in [0.1, 0.15) is 17.5 Å². The summed E-state index contributed by atoms with van der Waals surface area (Å²) in [7, 11) is 4.64. The molecule has 4 heterocycles. The molecule has 5 aromatic rings. The second-order valence-corrected chi connectivity index (χ2v) is 12.7. The first-order valence-corrected chi connectivity index (χ1v) is 16.2. The minimum Gasteiger partial charge on any atom is -0.481 e. The Bertz CT molecular complexity index is 2230. The van der Waals surface area contributed by atoms with E-state index in [1.807, 2.05) is 43.3 Å². The summed E-state index contributed by atoms with van der Waals surface area (Å²) in [5, 5.41) is 10.7. The molecule has 1 saturated heterocycles. The fraction of sp³-hybridized carbons (Fsp3) is 0.314. The van der Waals surface area contributed by atoms with E-state index in [9.17, 15) is 14.4 Å². The second-order valence-electron chi connectivity index (χ2n) is 12.3. The minimum atomic E-state index is -0.484. The van der Waals surface area contributed by atoms with Gasteiger partial charge in [-0.25, -0.2) is 19.7 Å². The summed E-state index contributed by atoms with van der Waals surface area (Å²) in [5.41, 5.74) is 6.33. The number of pyridine rings is 1. The topological polar surface area (TPSA) is 145 Å². The Morgan fingerprint density at radius 2 is 1.77 bits per heavy atom. The van der Waals surface area contributed by atoms with Crippen molar-refractivity contribution in [2.75, 3.05) is 19.0 Å². The highest BCUT2D eigenvalue weighted by Crippen LogP contribution is 2.43. The van der Waals surface area contributed by atoms with Crippen molar-refractivity contribution in [1.82, 2.24) is 34.7 Å². The average Bonchev–Trinajstić information content (AvgIpc) is 3.71. The van der Waals surface area contributed by atoms with E-state index in [0.29, 0.717) is 29.7 Å². The van der Waals surface area contributed by atoms with Gasteiger partial charge in [0.15, 0.2) is 5.65 Å². The monoisotopic (exact) mass is 666 g/mol. The number of aromatic nitrogens is 5. The standard InChI is InChI=1S/C35H35ClN8O4/c1-18-21(7-6-10-24(18)41-31-29-32(39-17-38-31)43(2)35(47)44(3)34(29)46)22-8-5-9-23(30(22)36)26-15-19-11-13-25(28(19)33(42-26)48-4)37-16-20-12-14-27(45)40-20/h5-10,15,17,20,25,37H,11-14,16H2,1-4H3,(H,40,45)(H,38,39,41)/t20-,25+/m1/s1. The lowest BCUT2D eigenvalue weighted by atomic mass is 9.96. The van der Waals surface area contributed by atoms with Crippen LogP contribution in [0.25, 0.3) is 33.4 Å². The number of hydrogen-bond donors (Lipinski definition) is 3. The fourth-order valence-corrected chi connectivity index (χ4v) is 7.16. The molecule has 0 radical (unpaired) electrons. The van der Waals surface area contributed by atoms with E-state index in [2.05, 4.69) is 32.0 Å². The lowest BCUT2D eigenvalue weighted by Crippen LogP contribution is -2.37. The van der Waals surface area contributed by atoms with Gasteiger partial charge in [-0.15, -0.1) is 0 Å². The molecule has 3 aromatic heterocycles. The molecule has 7 rings (SSSR count). The van der Waals surface area contributed by atoms with E-state index in [1.54, 1.807) is 14.2 Å². The van der Waals surface area contributed by atoms with Crippen LogP contribution in [0.4, 0.5) is 11.5 Å². The highest BCUT2D eigenvalue weighted by atomic mass is 35.5. The lowest BCUT2D eigenvalue weighted by Gasteiger charge is -2.20. The molecule has 2 atom stereocenters. The van der Waals surface area contributed by atoms with Crippen molar-refractivity contribution in [2.24, 2.45) is 14.1 Å². The molecular formula is C35H35ClN8O4. The van der Waals surface area contributed by atoms with Crippen LogP contribution in [0.2, 0.25) is 5.02 Å². The maximum absolute atomic E-state index is 13.1. The van der Waals surface area contributed by atoms with Crippen molar-refractivity contribution in [1.29, 1.82) is 0 Å². The van der Waals surface area contributed by atoms with Crippen LogP contribution in [-0.4, -0.2) is 49.7 Å². The summed E-state index contributed by atoms with van der Waals surface area (Å²) < 4.78 is 8.19. The van der Waals surface area contributed by atoms with Gasteiger partial charge in [-0.2, -0.15) is 0 Å². The summed E-state index contributed by atoms with van der Waals surface area (Å²) in [4.78, 5) is 50.7. The molecule has 0 unspecified atom stereocenters. The SMILES string of the molecule is COc1nc(-c2cccc(-c3cccc(Nc4ncnc5c4c(=O)n(C)c(=O)n5C)c3C)c2Cl)cc2c1[C@@H](NC[C@H]1CCC(=O)N1)CC2. The Labute approximate surface area is 281 Å². The molecule has 1 amide bonds. The van der Waals surface area contributed by atoms with E-state index in [-0.39, 0.29) is 29.0 Å². The third-order valence-electron chi connectivity index (χ3n) is 9.44. The fourth-order valence-electron chi connectivity index (χ4n) is 6.84. The maximum atomic E-state index is 13.1. The van der Waals surface area contributed by atoms with Crippen LogP contribution >= 0.6 is 11.6 Å². The average molecular weight is 667 g/mol. The number of ether oxygens (including phenoxy) is 1. The first-order chi connectivity index (χ1) is 23.2. The molecule has 13 heteroatoms. The molecule has 3 N–H and O–H groups in total. The van der Waals surface area contributed by atoms with Crippen molar-refractivity contribution >= 4 is 40.0 Å². The molecule has 2 aromatic carbocycles. The van der Waals surface area contributed by atoms with Crippen LogP contribution in [-0.2, 0) is 25.3 Å². The third kappa shape index (κ3) is 5.40. The van der Waals surface area contributed by atoms with Crippen molar-refractivity contribution in [2.45, 2.75) is 44.7 Å². The van der Waals surface area contributed by atoms with Crippen molar-refractivity contribution < 1.29 is 9.53 Å². The Morgan fingerprint density at radius 3 is 2.54 bits per heavy atom. The van der Waals surface area contributed by atoms with Crippen molar-refractivity contribution in [3.63, 3.8) is 0 Å². The normalized spacial score (nSPS) is 17.1. The van der Waals surface area contributed by atoms with Gasteiger partial charge in [-0.05, 0) is 55.0 Å². The van der Waals surface area contributed by atoms with Crippen molar-refractivity contribution in [3.05, 3.63) is 91.3 Å². The van der Waals surface area contributed by atoms with Crippen LogP contribution in [0.3, 0.4) is 0 Å². The minimum absolute atomic E-state index is 0.0887. The number of nitrogens with zero attached hydrogens (tertiary/aromatic N) is 5. The first-order valence-electron chi connectivity index (χ1n) is 15.8. The summed E-state index contributed by atoms with van der Waals surface area (Å²) in [6, 6.07) is 14.0. The van der Waals surface area contributed by atoms with E-state index in [1.165, 1.54) is 17.9 Å². The van der Waals surface area contributed by atoms with Crippen LogP contribution < -0.4 is 31.9 Å². The third-order valence-corrected chi connectivity index (χ3v) is 9.85. The highest BCUT2D eigenvalue weighted by molar-refractivity contribution is 6.36. The molecule has 0 saturated carbocycles. The quantitative estimate of drug-likeness (QED) is 0.220. The summed E-state index contributed by atoms with van der Waals surface area (Å²) in [6.07, 6.45) is 4.52. The van der Waals surface area contributed by atoms with E-state index in [4.69, 9.17) is 21.3 Å². The zero-order valence-electron chi connectivity index (χ0n) is 27.1. The van der Waals surface area contributed by atoms with Crippen LogP contribution in [0.15, 0.2) is 58.4 Å². The van der Waals surface area contributed by atoms with Gasteiger partial charge in [0.2, 0.25) is 11.8 Å². The van der Waals surface area contributed by atoms with Crippen LogP contribution in [0.5, 0.6) is 5.88 Å². The Kier molecular flexibility index (Phi) is 8.22. The second kappa shape index (κ2) is 12.5. The molecule has 2 aliphatic rings. The van der Waals surface area contributed by atoms with Gasteiger partial charge in [0, 0.05) is 61.5 Å². The Balaban J connectivity index is 1.22. The summed E-state index contributed by atoms with van der Waals surface area (Å²) in [6.45, 7) is 2.67. The molecular weight excluding hydrogens is 632 g/mol. The number of anilines is 2. The van der Waals surface area contributed by atoms with Gasteiger partial charge in [0.25, 0.3) is 5.56 Å². The zero-order valence-corrected chi connectivity index (χ0v) is 27.8. The molecule has 1 fully saturated rings. The number of rotatable bonds is 8. The van der Waals surface area contributed by atoms with Crippen LogP contribution in [0, 0.1) is 6.92 Å². The molecule has 0 bridgehead atoms. The maximum Gasteiger partial charge on any atom is 0.332 e. The van der Waals surface area contributed by atoms with Gasteiger partial charge in [-0.3, -0.25) is 18.7 Å². The highest BCUT2D eigenvalue weighted by Gasteiger charge is 2.30. The molecule has 1 aliphatic heterocycles. The van der Waals surface area contributed by atoms with Crippen molar-refractivity contribution in [3.8, 4) is 28.3 Å². The van der Waals surface area contributed by atoms with Gasteiger partial charge < -0.3 is 20.7 Å². The molecule has 0 spiro atoms. The van der Waals surface area contributed by atoms with Gasteiger partial charge in [-0.1, -0.05) is 41.9 Å². The number of halogens is 1. The number of aryl methyl sites for hydroxylation is 2. The number of methoxy groups -OCH3 is 1. The largest absolute Gasteiger partial charge is 0.481 e. The van der Waals surface area contributed by atoms with E-state index >= 15 is 0 Å².